The monoisotopic (exact) mass is 416 g/mol. The van der Waals surface area contributed by atoms with Gasteiger partial charge in [-0.3, -0.25) is 14.9 Å². The predicted octanol–water partition coefficient (Wildman–Crippen LogP) is 3.84. The first-order valence-corrected chi connectivity index (χ1v) is 8.02. The summed E-state index contributed by atoms with van der Waals surface area (Å²) in [5.41, 5.74) is 0.476. The molecule has 1 heterocycles. The molecule has 7 heteroatoms. The number of carbonyl (C=O) groups excluding carboxylic acids is 1. The Bertz CT molecular complexity index is 699. The highest BCUT2D eigenvalue weighted by atomic mass is 127. The molecule has 1 amide bonds. The topological polar surface area (TPSA) is 63.5 Å². The van der Waals surface area contributed by atoms with Gasteiger partial charge in [0.05, 0.1) is 17.0 Å². The van der Waals surface area contributed by atoms with Gasteiger partial charge in [0.15, 0.2) is 0 Å². The van der Waals surface area contributed by atoms with E-state index in [0.717, 1.165) is 4.88 Å². The van der Waals surface area contributed by atoms with Crippen LogP contribution in [0.4, 0.5) is 5.69 Å². The smallest absolute Gasteiger partial charge is 0.270 e. The number of hydrogen-bond donors (Lipinski definition) is 0. The quantitative estimate of drug-likeness (QED) is 0.432. The Kier molecular flexibility index (Phi) is 4.94. The van der Waals surface area contributed by atoms with E-state index in [1.165, 1.54) is 23.1 Å². The normalized spacial score (nSPS) is 10.4. The predicted molar refractivity (Wildman–Crippen MR) is 90.7 cm³/mol. The van der Waals surface area contributed by atoms with Crippen molar-refractivity contribution in [1.82, 2.24) is 4.90 Å². The molecule has 0 aliphatic rings. The van der Waals surface area contributed by atoms with Crippen molar-refractivity contribution in [3.63, 3.8) is 0 Å². The van der Waals surface area contributed by atoms with Crippen LogP contribution in [0.2, 0.25) is 0 Å². The molecule has 2 aromatic rings. The van der Waals surface area contributed by atoms with E-state index in [1.54, 1.807) is 23.3 Å². The van der Waals surface area contributed by atoms with Gasteiger partial charge in [-0.05, 0) is 47.7 Å². The number of non-ortho nitro benzene ring substituents is 1. The lowest BCUT2D eigenvalue weighted by Crippen LogP contribution is -2.26. The molecule has 0 aliphatic heterocycles. The van der Waals surface area contributed by atoms with Crippen LogP contribution in [0.3, 0.4) is 0 Å². The number of nitro groups is 1. The SMILES string of the molecule is Cc1ccc(CN(C)C(=O)c2ccc([N+](=O)[O-])cc2I)s1. The van der Waals surface area contributed by atoms with E-state index in [2.05, 4.69) is 0 Å². The van der Waals surface area contributed by atoms with Crippen LogP contribution >= 0.6 is 33.9 Å². The van der Waals surface area contributed by atoms with E-state index < -0.39 is 4.92 Å². The Morgan fingerprint density at radius 1 is 1.38 bits per heavy atom. The van der Waals surface area contributed by atoms with Crippen molar-refractivity contribution in [2.24, 2.45) is 0 Å². The van der Waals surface area contributed by atoms with Gasteiger partial charge in [0.1, 0.15) is 0 Å². The van der Waals surface area contributed by atoms with Gasteiger partial charge in [-0.1, -0.05) is 0 Å². The Morgan fingerprint density at radius 3 is 2.62 bits per heavy atom. The van der Waals surface area contributed by atoms with Gasteiger partial charge in [0.25, 0.3) is 11.6 Å². The summed E-state index contributed by atoms with van der Waals surface area (Å²) in [6.45, 7) is 2.56. The summed E-state index contributed by atoms with van der Waals surface area (Å²) in [7, 11) is 1.73. The second-order valence-electron chi connectivity index (χ2n) is 4.59. The van der Waals surface area contributed by atoms with E-state index in [0.29, 0.717) is 15.7 Å². The van der Waals surface area contributed by atoms with E-state index >= 15 is 0 Å². The molecule has 21 heavy (non-hydrogen) atoms. The molecule has 0 fully saturated rings. The first-order chi connectivity index (χ1) is 9.88. The van der Waals surface area contributed by atoms with Gasteiger partial charge in [0.2, 0.25) is 0 Å². The number of benzene rings is 1. The molecule has 1 aromatic carbocycles. The van der Waals surface area contributed by atoms with Crippen molar-refractivity contribution >= 4 is 45.5 Å². The van der Waals surface area contributed by atoms with Crippen molar-refractivity contribution in [1.29, 1.82) is 0 Å². The van der Waals surface area contributed by atoms with Crippen LogP contribution in [0.5, 0.6) is 0 Å². The number of carbonyl (C=O) groups is 1. The Labute approximate surface area is 139 Å². The second-order valence-corrected chi connectivity index (χ2v) is 7.13. The van der Waals surface area contributed by atoms with Crippen LogP contribution in [-0.2, 0) is 6.54 Å². The number of hydrogen-bond acceptors (Lipinski definition) is 4. The molecule has 0 saturated heterocycles. The minimum absolute atomic E-state index is 0.00696. The summed E-state index contributed by atoms with van der Waals surface area (Å²) in [4.78, 5) is 26.6. The van der Waals surface area contributed by atoms with Gasteiger partial charge in [-0.25, -0.2) is 0 Å². The average Bonchev–Trinajstić information content (AvgIpc) is 2.83. The summed E-state index contributed by atoms with van der Waals surface area (Å²) in [5.74, 6) is -0.139. The Hall–Kier alpha value is -1.48. The third-order valence-corrected chi connectivity index (χ3v) is 4.81. The van der Waals surface area contributed by atoms with E-state index in [1.807, 2.05) is 41.6 Å². The lowest BCUT2D eigenvalue weighted by molar-refractivity contribution is -0.384. The van der Waals surface area contributed by atoms with E-state index in [9.17, 15) is 14.9 Å². The fourth-order valence-corrected chi connectivity index (χ4v) is 3.55. The van der Waals surface area contributed by atoms with Gasteiger partial charge in [0, 0.05) is 32.5 Å². The maximum Gasteiger partial charge on any atom is 0.270 e. The van der Waals surface area contributed by atoms with Gasteiger partial charge in [-0.15, -0.1) is 11.3 Å². The number of nitrogens with zero attached hydrogens (tertiary/aromatic N) is 2. The molecule has 2 rings (SSSR count). The highest BCUT2D eigenvalue weighted by Gasteiger charge is 2.18. The molecule has 110 valence electrons. The number of amides is 1. The zero-order valence-corrected chi connectivity index (χ0v) is 14.5. The van der Waals surface area contributed by atoms with Gasteiger partial charge in [-0.2, -0.15) is 0 Å². The number of halogens is 1. The molecule has 0 atom stereocenters. The molecule has 0 saturated carbocycles. The van der Waals surface area contributed by atoms with Crippen LogP contribution in [0.25, 0.3) is 0 Å². The van der Waals surface area contributed by atoms with Crippen molar-refractivity contribution in [2.45, 2.75) is 13.5 Å². The van der Waals surface area contributed by atoms with Crippen molar-refractivity contribution in [2.75, 3.05) is 7.05 Å². The average molecular weight is 416 g/mol. The molecular weight excluding hydrogens is 403 g/mol. The molecular formula is C14H13IN2O3S. The van der Waals surface area contributed by atoms with E-state index in [-0.39, 0.29) is 11.6 Å². The van der Waals surface area contributed by atoms with Crippen molar-refractivity contribution in [3.8, 4) is 0 Å². The maximum absolute atomic E-state index is 12.4. The lowest BCUT2D eigenvalue weighted by atomic mass is 10.2. The first kappa shape index (κ1) is 15.9. The summed E-state index contributed by atoms with van der Waals surface area (Å²) < 4.78 is 0.584. The summed E-state index contributed by atoms with van der Waals surface area (Å²) >= 11 is 3.61. The first-order valence-electron chi connectivity index (χ1n) is 6.13. The molecule has 0 N–H and O–H groups in total. The molecule has 0 spiro atoms. The van der Waals surface area contributed by atoms with Crippen LogP contribution in [-0.4, -0.2) is 22.8 Å². The molecule has 0 unspecified atom stereocenters. The fourth-order valence-electron chi connectivity index (χ4n) is 1.87. The third kappa shape index (κ3) is 3.79. The van der Waals surface area contributed by atoms with Crippen molar-refractivity contribution < 1.29 is 9.72 Å². The summed E-state index contributed by atoms with van der Waals surface area (Å²) in [6, 6.07) is 8.31. The largest absolute Gasteiger partial charge is 0.337 e. The number of nitro benzene ring substituents is 1. The number of aryl methyl sites for hydroxylation is 1. The molecule has 1 aromatic heterocycles. The van der Waals surface area contributed by atoms with Crippen LogP contribution in [0, 0.1) is 20.6 Å². The standard InChI is InChI=1S/C14H13IN2O3S/c1-9-3-5-11(21-9)8-16(2)14(18)12-6-4-10(17(19)20)7-13(12)15/h3-7H,8H2,1-2H3. The van der Waals surface area contributed by atoms with Crippen LogP contribution < -0.4 is 0 Å². The Balaban J connectivity index is 2.17. The molecule has 0 bridgehead atoms. The minimum Gasteiger partial charge on any atom is -0.337 e. The Morgan fingerprint density at radius 2 is 2.10 bits per heavy atom. The third-order valence-electron chi connectivity index (χ3n) is 2.93. The zero-order chi connectivity index (χ0) is 15.6. The molecule has 0 radical (unpaired) electrons. The van der Waals surface area contributed by atoms with Gasteiger partial charge >= 0.3 is 0 Å². The molecule has 0 aliphatic carbocycles. The highest BCUT2D eigenvalue weighted by molar-refractivity contribution is 14.1. The van der Waals surface area contributed by atoms with Crippen LogP contribution in [0.1, 0.15) is 20.1 Å². The summed E-state index contributed by atoms with van der Waals surface area (Å²) in [5, 5.41) is 10.7. The number of rotatable bonds is 4. The van der Waals surface area contributed by atoms with Crippen molar-refractivity contribution in [3.05, 3.63) is 59.3 Å². The fraction of sp³-hybridized carbons (Fsp3) is 0.214. The molecule has 5 nitrogen and oxygen atoms in total. The lowest BCUT2D eigenvalue weighted by Gasteiger charge is -2.17. The summed E-state index contributed by atoms with van der Waals surface area (Å²) in [6.07, 6.45) is 0. The number of thiophene rings is 1. The second kappa shape index (κ2) is 6.52. The van der Waals surface area contributed by atoms with Crippen LogP contribution in [0.15, 0.2) is 30.3 Å². The zero-order valence-electron chi connectivity index (χ0n) is 11.5. The highest BCUT2D eigenvalue weighted by Crippen LogP contribution is 2.22. The van der Waals surface area contributed by atoms with Gasteiger partial charge < -0.3 is 4.90 Å². The van der Waals surface area contributed by atoms with E-state index in [4.69, 9.17) is 0 Å². The minimum atomic E-state index is -0.464. The maximum atomic E-state index is 12.4.